The van der Waals surface area contributed by atoms with Crippen molar-refractivity contribution in [3.63, 3.8) is 0 Å². The van der Waals surface area contributed by atoms with E-state index in [0.717, 1.165) is 28.2 Å². The van der Waals surface area contributed by atoms with Crippen LogP contribution in [0.4, 0.5) is 0 Å². The third-order valence-electron chi connectivity index (χ3n) is 3.24. The highest BCUT2D eigenvalue weighted by Crippen LogP contribution is 2.26. The van der Waals surface area contributed by atoms with Gasteiger partial charge in [0.25, 0.3) is 0 Å². The summed E-state index contributed by atoms with van der Waals surface area (Å²) in [4.78, 5) is 0. The van der Waals surface area contributed by atoms with E-state index in [1.807, 2.05) is 16.5 Å². The molecule has 0 spiro atoms. The molecule has 0 unspecified atom stereocenters. The van der Waals surface area contributed by atoms with Crippen molar-refractivity contribution in [3.05, 3.63) is 53.2 Å². The predicted octanol–water partition coefficient (Wildman–Crippen LogP) is 2.88. The van der Waals surface area contributed by atoms with Gasteiger partial charge < -0.3 is 0 Å². The minimum Gasteiger partial charge on any atom is -0.281 e. The van der Waals surface area contributed by atoms with Crippen molar-refractivity contribution in [2.75, 3.05) is 0 Å². The van der Waals surface area contributed by atoms with Crippen LogP contribution in [-0.4, -0.2) is 14.6 Å². The minimum absolute atomic E-state index is 0.597. The van der Waals surface area contributed by atoms with Gasteiger partial charge in [-0.1, -0.05) is 18.2 Å². The molecule has 0 saturated carbocycles. The average Bonchev–Trinajstić information content (AvgIpc) is 2.81. The van der Waals surface area contributed by atoms with E-state index in [-0.39, 0.29) is 0 Å². The van der Waals surface area contributed by atoms with Gasteiger partial charge in [0.15, 0.2) is 11.5 Å². The van der Waals surface area contributed by atoms with E-state index < -0.39 is 0 Å². The third kappa shape index (κ3) is 1.76. The van der Waals surface area contributed by atoms with Crippen molar-refractivity contribution in [1.29, 1.82) is 5.26 Å². The van der Waals surface area contributed by atoms with Gasteiger partial charge in [-0.25, -0.2) is 0 Å². The molecular formula is C15H12N4. The molecule has 3 aromatic rings. The number of fused-ring (bicyclic) bond motifs is 1. The molecule has 4 heteroatoms. The molecule has 0 bridgehead atoms. The summed E-state index contributed by atoms with van der Waals surface area (Å²) in [5.74, 6) is 0.780. The highest BCUT2D eigenvalue weighted by molar-refractivity contribution is 5.67. The Bertz CT molecular complexity index is 788. The van der Waals surface area contributed by atoms with Gasteiger partial charge in [-0.3, -0.25) is 4.40 Å². The summed E-state index contributed by atoms with van der Waals surface area (Å²) in [7, 11) is 0. The van der Waals surface area contributed by atoms with Gasteiger partial charge in [0, 0.05) is 11.8 Å². The predicted molar refractivity (Wildman–Crippen MR) is 72.6 cm³/mol. The molecule has 2 aromatic heterocycles. The molecule has 3 rings (SSSR count). The second-order valence-electron chi connectivity index (χ2n) is 4.55. The highest BCUT2D eigenvalue weighted by atomic mass is 15.2. The Balaban J connectivity index is 2.34. The van der Waals surface area contributed by atoms with Crippen LogP contribution in [0.15, 0.2) is 36.5 Å². The van der Waals surface area contributed by atoms with Crippen molar-refractivity contribution >= 4 is 5.65 Å². The maximum atomic E-state index is 9.00. The van der Waals surface area contributed by atoms with E-state index in [0.29, 0.717) is 5.56 Å². The molecule has 1 aromatic carbocycles. The molecule has 0 atom stereocenters. The van der Waals surface area contributed by atoms with Crippen LogP contribution in [0.3, 0.4) is 0 Å². The molecule has 19 heavy (non-hydrogen) atoms. The Morgan fingerprint density at radius 2 is 1.79 bits per heavy atom. The van der Waals surface area contributed by atoms with Crippen LogP contribution in [0.5, 0.6) is 0 Å². The van der Waals surface area contributed by atoms with Crippen molar-refractivity contribution in [2.45, 2.75) is 13.8 Å². The lowest BCUT2D eigenvalue weighted by Crippen LogP contribution is -1.95. The molecule has 0 radical (unpaired) electrons. The SMILES string of the molecule is Cc1cccc(C)c1-c1nnc2ccc(C#N)cn12. The molecular weight excluding hydrogens is 236 g/mol. The second kappa shape index (κ2) is 4.21. The fourth-order valence-electron chi connectivity index (χ4n) is 2.29. The molecule has 0 saturated heterocycles. The van der Waals surface area contributed by atoms with Gasteiger partial charge in [0.1, 0.15) is 6.07 Å². The first-order valence-electron chi connectivity index (χ1n) is 6.02. The van der Waals surface area contributed by atoms with E-state index in [1.54, 1.807) is 12.3 Å². The Morgan fingerprint density at radius 3 is 2.47 bits per heavy atom. The van der Waals surface area contributed by atoms with Crippen molar-refractivity contribution in [3.8, 4) is 17.5 Å². The number of nitriles is 1. The number of aryl methyl sites for hydroxylation is 2. The summed E-state index contributed by atoms with van der Waals surface area (Å²) in [6.45, 7) is 4.11. The van der Waals surface area contributed by atoms with Crippen LogP contribution in [0, 0.1) is 25.2 Å². The number of hydrogen-bond donors (Lipinski definition) is 0. The van der Waals surface area contributed by atoms with Crippen LogP contribution in [0.2, 0.25) is 0 Å². The lowest BCUT2D eigenvalue weighted by molar-refractivity contribution is 1.10. The van der Waals surface area contributed by atoms with E-state index >= 15 is 0 Å². The number of nitrogens with zero attached hydrogens (tertiary/aromatic N) is 4. The van der Waals surface area contributed by atoms with Crippen LogP contribution in [-0.2, 0) is 0 Å². The molecule has 0 aliphatic rings. The molecule has 0 N–H and O–H groups in total. The Kier molecular flexibility index (Phi) is 2.53. The second-order valence-corrected chi connectivity index (χ2v) is 4.55. The van der Waals surface area contributed by atoms with Gasteiger partial charge in [-0.05, 0) is 37.1 Å². The molecule has 0 aliphatic heterocycles. The summed E-state index contributed by atoms with van der Waals surface area (Å²) in [6, 6.07) is 11.8. The van der Waals surface area contributed by atoms with Gasteiger partial charge in [0.05, 0.1) is 5.56 Å². The minimum atomic E-state index is 0.597. The zero-order valence-corrected chi connectivity index (χ0v) is 10.8. The van der Waals surface area contributed by atoms with E-state index in [4.69, 9.17) is 5.26 Å². The summed E-state index contributed by atoms with van der Waals surface area (Å²) >= 11 is 0. The van der Waals surface area contributed by atoms with Gasteiger partial charge in [-0.2, -0.15) is 5.26 Å². The summed E-state index contributed by atoms with van der Waals surface area (Å²) in [5, 5.41) is 17.4. The monoisotopic (exact) mass is 248 g/mol. The third-order valence-corrected chi connectivity index (χ3v) is 3.24. The molecule has 92 valence electrons. The van der Waals surface area contributed by atoms with Crippen molar-refractivity contribution < 1.29 is 0 Å². The van der Waals surface area contributed by atoms with Crippen LogP contribution in [0.1, 0.15) is 16.7 Å². The fraction of sp³-hybridized carbons (Fsp3) is 0.133. The van der Waals surface area contributed by atoms with Gasteiger partial charge in [0.2, 0.25) is 0 Å². The van der Waals surface area contributed by atoms with Crippen molar-refractivity contribution in [1.82, 2.24) is 14.6 Å². The Labute approximate surface area is 111 Å². The lowest BCUT2D eigenvalue weighted by atomic mass is 10.0. The number of aromatic nitrogens is 3. The number of benzene rings is 1. The van der Waals surface area contributed by atoms with E-state index in [1.165, 1.54) is 0 Å². The van der Waals surface area contributed by atoms with Crippen LogP contribution < -0.4 is 0 Å². The van der Waals surface area contributed by atoms with Crippen molar-refractivity contribution in [2.24, 2.45) is 0 Å². The molecule has 4 nitrogen and oxygen atoms in total. The largest absolute Gasteiger partial charge is 0.281 e. The quantitative estimate of drug-likeness (QED) is 0.665. The van der Waals surface area contributed by atoms with Gasteiger partial charge >= 0.3 is 0 Å². The van der Waals surface area contributed by atoms with Gasteiger partial charge in [-0.15, -0.1) is 10.2 Å². The average molecular weight is 248 g/mol. The maximum Gasteiger partial charge on any atom is 0.168 e. The first-order valence-corrected chi connectivity index (χ1v) is 6.02. The number of pyridine rings is 1. The maximum absolute atomic E-state index is 9.00. The first kappa shape index (κ1) is 11.4. The molecule has 0 amide bonds. The standard InChI is InChI=1S/C15H12N4/c1-10-4-3-5-11(2)14(10)15-18-17-13-7-6-12(8-16)9-19(13)15/h3-7,9H,1-2H3. The normalized spacial score (nSPS) is 10.6. The summed E-state index contributed by atoms with van der Waals surface area (Å²) in [5.41, 5.74) is 4.72. The summed E-state index contributed by atoms with van der Waals surface area (Å²) < 4.78 is 1.87. The summed E-state index contributed by atoms with van der Waals surface area (Å²) in [6.07, 6.45) is 1.77. The fourth-order valence-corrected chi connectivity index (χ4v) is 2.29. The first-order chi connectivity index (χ1) is 9.20. The Morgan fingerprint density at radius 1 is 1.05 bits per heavy atom. The lowest BCUT2D eigenvalue weighted by Gasteiger charge is -2.07. The smallest absolute Gasteiger partial charge is 0.168 e. The van der Waals surface area contributed by atoms with E-state index in [9.17, 15) is 0 Å². The Hall–Kier alpha value is -2.67. The zero-order valence-electron chi connectivity index (χ0n) is 10.8. The number of rotatable bonds is 1. The van der Waals surface area contributed by atoms with Crippen LogP contribution >= 0.6 is 0 Å². The molecule has 2 heterocycles. The van der Waals surface area contributed by atoms with Crippen LogP contribution in [0.25, 0.3) is 17.0 Å². The molecule has 0 fully saturated rings. The van der Waals surface area contributed by atoms with E-state index in [2.05, 4.69) is 42.2 Å². The topological polar surface area (TPSA) is 54.0 Å². The zero-order chi connectivity index (χ0) is 13.4. The molecule has 0 aliphatic carbocycles. The highest BCUT2D eigenvalue weighted by Gasteiger charge is 2.12. The number of hydrogen-bond acceptors (Lipinski definition) is 3.